The van der Waals surface area contributed by atoms with E-state index < -0.39 is 0 Å². The third-order valence-corrected chi connectivity index (χ3v) is 5.69. The molecule has 0 N–H and O–H groups in total. The number of thiazole rings is 1. The van der Waals surface area contributed by atoms with Gasteiger partial charge in [0.25, 0.3) is 0 Å². The van der Waals surface area contributed by atoms with Gasteiger partial charge in [-0.3, -0.25) is 4.99 Å². The van der Waals surface area contributed by atoms with Gasteiger partial charge in [0.15, 0.2) is 0 Å². The number of hydrogen-bond donors (Lipinski definition) is 0. The van der Waals surface area contributed by atoms with Crippen molar-refractivity contribution in [2.75, 3.05) is 6.54 Å². The van der Waals surface area contributed by atoms with Crippen LogP contribution in [0.25, 0.3) is 11.3 Å². The van der Waals surface area contributed by atoms with Crippen molar-refractivity contribution in [3.05, 3.63) is 74.0 Å². The maximum atomic E-state index is 4.72. The molecule has 0 saturated carbocycles. The van der Waals surface area contributed by atoms with Crippen molar-refractivity contribution in [3.8, 4) is 11.3 Å². The maximum absolute atomic E-state index is 4.72. The Balaban J connectivity index is 2.09. The van der Waals surface area contributed by atoms with E-state index in [2.05, 4.69) is 68.1 Å². The third kappa shape index (κ3) is 4.06. The van der Waals surface area contributed by atoms with Crippen LogP contribution in [-0.4, -0.2) is 17.4 Å². The zero-order valence-corrected chi connectivity index (χ0v) is 16.3. The highest BCUT2D eigenvalue weighted by molar-refractivity contribution is 7.13. The van der Waals surface area contributed by atoms with E-state index in [4.69, 9.17) is 5.10 Å². The molecule has 3 rings (SSSR count). The molecule has 0 saturated heterocycles. The monoisotopic (exact) mass is 367 g/mol. The highest BCUT2D eigenvalue weighted by Crippen LogP contribution is 2.23. The van der Waals surface area contributed by atoms with Crippen LogP contribution >= 0.6 is 22.7 Å². The molecule has 0 aliphatic rings. The number of hydrogen-bond acceptors (Lipinski definition) is 4. The van der Waals surface area contributed by atoms with Crippen LogP contribution < -0.4 is 4.80 Å². The minimum atomic E-state index is 0.584. The fraction of sp³-hybridized carbons (Fsp3) is 0.200. The summed E-state index contributed by atoms with van der Waals surface area (Å²) in [6.45, 7) is 10.7. The van der Waals surface area contributed by atoms with Crippen LogP contribution in [0.15, 0.2) is 58.5 Å². The first-order valence-corrected chi connectivity index (χ1v) is 9.78. The Hall–Kier alpha value is -2.24. The number of thiophene rings is 1. The summed E-state index contributed by atoms with van der Waals surface area (Å²) in [5, 5.41) is 6.83. The lowest BCUT2D eigenvalue weighted by atomic mass is 10.1. The average molecular weight is 368 g/mol. The Morgan fingerprint density at radius 2 is 1.96 bits per heavy atom. The van der Waals surface area contributed by atoms with E-state index in [1.54, 1.807) is 28.7 Å². The molecule has 0 bridgehead atoms. The van der Waals surface area contributed by atoms with E-state index in [9.17, 15) is 0 Å². The number of nitrogens with zero attached hydrogens (tertiary/aromatic N) is 3. The van der Waals surface area contributed by atoms with Gasteiger partial charge in [-0.25, -0.2) is 4.68 Å². The van der Waals surface area contributed by atoms with Gasteiger partial charge in [0, 0.05) is 20.7 Å². The molecule has 0 amide bonds. The summed E-state index contributed by atoms with van der Waals surface area (Å²) in [7, 11) is 0. The highest BCUT2D eigenvalue weighted by atomic mass is 32.1. The SMILES string of the molecule is C=CCN=c1scc(-c2ccc(C)c(C)c2)n1N=Cc1ccc(C)s1. The molecule has 128 valence electrons. The van der Waals surface area contributed by atoms with Gasteiger partial charge in [-0.05, 0) is 50.1 Å². The molecule has 0 fully saturated rings. The number of benzene rings is 1. The van der Waals surface area contributed by atoms with E-state index in [1.807, 2.05) is 10.9 Å². The second-order valence-corrected chi connectivity index (χ2v) is 7.99. The number of rotatable bonds is 5. The van der Waals surface area contributed by atoms with Gasteiger partial charge >= 0.3 is 0 Å². The molecule has 0 aliphatic heterocycles. The molecule has 1 aromatic carbocycles. The third-order valence-electron chi connectivity index (χ3n) is 3.91. The molecule has 0 aliphatic carbocycles. The molecule has 0 atom stereocenters. The maximum Gasteiger partial charge on any atom is 0.206 e. The van der Waals surface area contributed by atoms with Gasteiger partial charge in [0.05, 0.1) is 18.5 Å². The summed E-state index contributed by atoms with van der Waals surface area (Å²) in [6.07, 6.45) is 3.70. The predicted molar refractivity (Wildman–Crippen MR) is 110 cm³/mol. The number of aryl methyl sites for hydroxylation is 3. The molecule has 0 unspecified atom stereocenters. The van der Waals surface area contributed by atoms with Gasteiger partial charge in [-0.1, -0.05) is 18.2 Å². The van der Waals surface area contributed by atoms with Crippen LogP contribution in [0.5, 0.6) is 0 Å². The first-order chi connectivity index (χ1) is 12.1. The molecular formula is C20H21N3S2. The quantitative estimate of drug-likeness (QED) is 0.440. The summed E-state index contributed by atoms with van der Waals surface area (Å²) in [6, 6.07) is 10.7. The lowest BCUT2D eigenvalue weighted by Gasteiger charge is -2.06. The second kappa shape index (κ2) is 7.76. The van der Waals surface area contributed by atoms with Crippen molar-refractivity contribution >= 4 is 28.9 Å². The lowest BCUT2D eigenvalue weighted by Crippen LogP contribution is -2.12. The normalized spacial score (nSPS) is 12.2. The van der Waals surface area contributed by atoms with E-state index in [0.717, 1.165) is 20.9 Å². The van der Waals surface area contributed by atoms with Crippen LogP contribution in [0.2, 0.25) is 0 Å². The van der Waals surface area contributed by atoms with Crippen molar-refractivity contribution in [1.82, 2.24) is 4.68 Å². The molecule has 0 spiro atoms. The van der Waals surface area contributed by atoms with E-state index in [0.29, 0.717) is 6.54 Å². The molecular weight excluding hydrogens is 346 g/mol. The fourth-order valence-electron chi connectivity index (χ4n) is 2.40. The Morgan fingerprint density at radius 3 is 2.64 bits per heavy atom. The van der Waals surface area contributed by atoms with Gasteiger partial charge < -0.3 is 0 Å². The highest BCUT2D eigenvalue weighted by Gasteiger charge is 2.08. The van der Waals surface area contributed by atoms with Crippen LogP contribution in [0.4, 0.5) is 0 Å². The molecule has 3 nitrogen and oxygen atoms in total. The van der Waals surface area contributed by atoms with E-state index in [-0.39, 0.29) is 0 Å². The first kappa shape index (κ1) is 17.6. The van der Waals surface area contributed by atoms with E-state index in [1.165, 1.54) is 16.0 Å². The minimum Gasteiger partial charge on any atom is -0.253 e. The topological polar surface area (TPSA) is 29.6 Å². The molecule has 0 radical (unpaired) electrons. The fourth-order valence-corrected chi connectivity index (χ4v) is 3.99. The van der Waals surface area contributed by atoms with Crippen molar-refractivity contribution in [2.24, 2.45) is 10.1 Å². The standard InChI is InChI=1S/C20H21N3S2/c1-5-10-21-20-23(22-12-18-9-7-16(4)25-18)19(13-24-20)17-8-6-14(2)15(3)11-17/h5-9,11-13H,1,10H2,2-4H3. The molecule has 3 aromatic rings. The van der Waals surface area contributed by atoms with Crippen molar-refractivity contribution in [1.29, 1.82) is 0 Å². The summed E-state index contributed by atoms with van der Waals surface area (Å²) in [5.74, 6) is 0. The zero-order valence-electron chi connectivity index (χ0n) is 14.7. The van der Waals surface area contributed by atoms with Crippen LogP contribution in [0.3, 0.4) is 0 Å². The Kier molecular flexibility index (Phi) is 5.46. The molecule has 2 heterocycles. The summed E-state index contributed by atoms with van der Waals surface area (Å²) >= 11 is 3.33. The smallest absolute Gasteiger partial charge is 0.206 e. The van der Waals surface area contributed by atoms with Crippen molar-refractivity contribution in [2.45, 2.75) is 20.8 Å². The largest absolute Gasteiger partial charge is 0.253 e. The van der Waals surface area contributed by atoms with Crippen LogP contribution in [0, 0.1) is 20.8 Å². The van der Waals surface area contributed by atoms with E-state index >= 15 is 0 Å². The van der Waals surface area contributed by atoms with Crippen molar-refractivity contribution < 1.29 is 0 Å². The molecule has 2 aromatic heterocycles. The predicted octanol–water partition coefficient (Wildman–Crippen LogP) is 5.17. The van der Waals surface area contributed by atoms with Gasteiger partial charge in [-0.2, -0.15) is 5.10 Å². The van der Waals surface area contributed by atoms with Gasteiger partial charge in [0.1, 0.15) is 0 Å². The number of aromatic nitrogens is 1. The first-order valence-electron chi connectivity index (χ1n) is 8.09. The van der Waals surface area contributed by atoms with Gasteiger partial charge in [0.2, 0.25) is 4.80 Å². The Bertz CT molecular complexity index is 987. The lowest BCUT2D eigenvalue weighted by molar-refractivity contribution is 0.840. The average Bonchev–Trinajstić information content (AvgIpc) is 3.19. The van der Waals surface area contributed by atoms with Crippen LogP contribution in [0.1, 0.15) is 20.9 Å². The summed E-state index contributed by atoms with van der Waals surface area (Å²) in [5.41, 5.74) is 4.77. The minimum absolute atomic E-state index is 0.584. The molecule has 25 heavy (non-hydrogen) atoms. The van der Waals surface area contributed by atoms with Crippen molar-refractivity contribution in [3.63, 3.8) is 0 Å². The second-order valence-electron chi connectivity index (χ2n) is 5.84. The Morgan fingerprint density at radius 1 is 1.12 bits per heavy atom. The summed E-state index contributed by atoms with van der Waals surface area (Å²) in [4.78, 5) is 7.87. The van der Waals surface area contributed by atoms with Gasteiger partial charge in [-0.15, -0.1) is 29.3 Å². The van der Waals surface area contributed by atoms with Crippen LogP contribution in [-0.2, 0) is 0 Å². The Labute approximate surface area is 156 Å². The summed E-state index contributed by atoms with van der Waals surface area (Å²) < 4.78 is 1.92. The zero-order chi connectivity index (χ0) is 17.8. The molecule has 5 heteroatoms.